The number of thioether (sulfide) groups is 1. The summed E-state index contributed by atoms with van der Waals surface area (Å²) >= 11 is 1.44. The minimum absolute atomic E-state index is 0.261. The summed E-state index contributed by atoms with van der Waals surface area (Å²) in [4.78, 5) is 26.4. The van der Waals surface area contributed by atoms with Crippen LogP contribution in [0.4, 0.5) is 4.79 Å². The van der Waals surface area contributed by atoms with E-state index in [2.05, 4.69) is 0 Å². The first kappa shape index (κ1) is 15.6. The Morgan fingerprint density at radius 3 is 2.79 bits per heavy atom. The number of carboxylic acids is 1. The first-order valence-electron chi connectivity index (χ1n) is 6.20. The number of carbonyl (C=O) groups is 2. The smallest absolute Gasteiger partial charge is 0.327 e. The molecule has 0 aromatic rings. The van der Waals surface area contributed by atoms with Crippen LogP contribution in [-0.4, -0.2) is 57.7 Å². The monoisotopic (exact) mass is 285 g/mol. The van der Waals surface area contributed by atoms with E-state index in [-0.39, 0.29) is 18.4 Å². The Bertz CT molecular complexity index is 381. The summed E-state index contributed by atoms with van der Waals surface area (Å²) in [7, 11) is 0. The fourth-order valence-electron chi connectivity index (χ4n) is 1.91. The largest absolute Gasteiger partial charge is 0.480 e. The summed E-state index contributed by atoms with van der Waals surface area (Å²) in [6, 6.07) is 0.985. The molecule has 0 radical (unpaired) electrons. The van der Waals surface area contributed by atoms with Gasteiger partial charge in [-0.1, -0.05) is 13.8 Å². The Kier molecular flexibility index (Phi) is 5.96. The molecule has 0 aromatic heterocycles. The van der Waals surface area contributed by atoms with Gasteiger partial charge in [-0.2, -0.15) is 5.26 Å². The van der Waals surface area contributed by atoms with E-state index in [4.69, 9.17) is 10.4 Å². The van der Waals surface area contributed by atoms with Gasteiger partial charge in [-0.25, -0.2) is 9.59 Å². The molecule has 1 fully saturated rings. The summed E-state index contributed by atoms with van der Waals surface area (Å²) in [6.45, 7) is 4.86. The molecule has 0 aromatic carbocycles. The highest BCUT2D eigenvalue weighted by Crippen LogP contribution is 2.23. The van der Waals surface area contributed by atoms with Crippen molar-refractivity contribution in [1.29, 1.82) is 5.26 Å². The molecular weight excluding hydrogens is 266 g/mol. The zero-order chi connectivity index (χ0) is 14.4. The summed E-state index contributed by atoms with van der Waals surface area (Å²) in [5.74, 6) is 0.135. The van der Waals surface area contributed by atoms with Gasteiger partial charge in [0.1, 0.15) is 6.04 Å². The third-order valence-corrected chi connectivity index (χ3v) is 3.77. The number of urea groups is 1. The molecule has 1 saturated heterocycles. The second-order valence-electron chi connectivity index (χ2n) is 4.85. The predicted octanol–water partition coefficient (Wildman–Crippen LogP) is 1.44. The van der Waals surface area contributed by atoms with Crippen LogP contribution in [0.5, 0.6) is 0 Å². The van der Waals surface area contributed by atoms with Gasteiger partial charge in [0, 0.05) is 18.8 Å². The lowest BCUT2D eigenvalue weighted by atomic mass is 10.2. The Labute approximate surface area is 117 Å². The van der Waals surface area contributed by atoms with Crippen LogP contribution in [0.15, 0.2) is 0 Å². The van der Waals surface area contributed by atoms with Gasteiger partial charge in [-0.3, -0.25) is 0 Å². The van der Waals surface area contributed by atoms with Crippen LogP contribution in [0, 0.1) is 17.2 Å². The normalized spacial score (nSPS) is 18.4. The summed E-state index contributed by atoms with van der Waals surface area (Å²) in [5, 5.41) is 17.7. The van der Waals surface area contributed by atoms with Crippen LogP contribution in [0.2, 0.25) is 0 Å². The van der Waals surface area contributed by atoms with Crippen molar-refractivity contribution in [3.05, 3.63) is 0 Å². The fourth-order valence-corrected chi connectivity index (χ4v) is 3.05. The van der Waals surface area contributed by atoms with Crippen LogP contribution in [0.25, 0.3) is 0 Å². The van der Waals surface area contributed by atoms with Crippen molar-refractivity contribution in [2.24, 2.45) is 5.92 Å². The number of hydrogen-bond donors (Lipinski definition) is 1. The van der Waals surface area contributed by atoms with Crippen molar-refractivity contribution in [2.75, 3.05) is 24.7 Å². The molecule has 1 atom stereocenters. The molecule has 1 aliphatic rings. The van der Waals surface area contributed by atoms with Gasteiger partial charge in [0.15, 0.2) is 0 Å². The highest BCUT2D eigenvalue weighted by atomic mass is 32.2. The molecule has 7 heteroatoms. The lowest BCUT2D eigenvalue weighted by Crippen LogP contribution is -2.49. The first-order chi connectivity index (χ1) is 8.97. The molecule has 6 nitrogen and oxygen atoms in total. The van der Waals surface area contributed by atoms with Gasteiger partial charge in [0.2, 0.25) is 0 Å². The van der Waals surface area contributed by atoms with E-state index < -0.39 is 12.0 Å². The van der Waals surface area contributed by atoms with E-state index in [1.807, 2.05) is 19.9 Å². The summed E-state index contributed by atoms with van der Waals surface area (Å²) in [5.41, 5.74) is 0. The topological polar surface area (TPSA) is 84.6 Å². The SMILES string of the molecule is CC(C)CN(CCC#N)C(=O)N1CSC[C@H]1C(=O)O. The molecule has 1 N–H and O–H groups in total. The van der Waals surface area contributed by atoms with Gasteiger partial charge in [-0.05, 0) is 5.92 Å². The van der Waals surface area contributed by atoms with Crippen LogP contribution in [0.3, 0.4) is 0 Å². The Hall–Kier alpha value is -1.42. The van der Waals surface area contributed by atoms with Crippen LogP contribution < -0.4 is 0 Å². The van der Waals surface area contributed by atoms with Crippen molar-refractivity contribution >= 4 is 23.8 Å². The maximum Gasteiger partial charge on any atom is 0.327 e. The van der Waals surface area contributed by atoms with Gasteiger partial charge in [0.05, 0.1) is 18.4 Å². The third kappa shape index (κ3) is 4.31. The minimum Gasteiger partial charge on any atom is -0.480 e. The highest BCUT2D eigenvalue weighted by Gasteiger charge is 2.36. The molecular formula is C12H19N3O3S. The number of nitrogens with zero attached hydrogens (tertiary/aromatic N) is 3. The maximum absolute atomic E-state index is 12.4. The van der Waals surface area contributed by atoms with Crippen molar-refractivity contribution in [2.45, 2.75) is 26.3 Å². The first-order valence-corrected chi connectivity index (χ1v) is 7.36. The summed E-state index contributed by atoms with van der Waals surface area (Å²) in [6.07, 6.45) is 0.261. The van der Waals surface area contributed by atoms with Crippen molar-refractivity contribution in [3.63, 3.8) is 0 Å². The molecule has 1 aliphatic heterocycles. The minimum atomic E-state index is -0.969. The average molecular weight is 285 g/mol. The second kappa shape index (κ2) is 7.24. The van der Waals surface area contributed by atoms with Crippen LogP contribution in [-0.2, 0) is 4.79 Å². The number of hydrogen-bond acceptors (Lipinski definition) is 4. The summed E-state index contributed by atoms with van der Waals surface area (Å²) < 4.78 is 0. The number of carbonyl (C=O) groups excluding carboxylic acids is 1. The van der Waals surface area contributed by atoms with Crippen molar-refractivity contribution in [3.8, 4) is 6.07 Å². The van der Waals surface area contributed by atoms with E-state index >= 15 is 0 Å². The lowest BCUT2D eigenvalue weighted by Gasteiger charge is -2.30. The second-order valence-corrected chi connectivity index (χ2v) is 5.85. The number of carboxylic acid groups (broad SMARTS) is 1. The molecule has 106 valence electrons. The molecule has 1 heterocycles. The van der Waals surface area contributed by atoms with Crippen molar-refractivity contribution < 1.29 is 14.7 Å². The quantitative estimate of drug-likeness (QED) is 0.826. The van der Waals surface area contributed by atoms with E-state index in [9.17, 15) is 9.59 Å². The van der Waals surface area contributed by atoms with E-state index in [1.165, 1.54) is 16.7 Å². The Morgan fingerprint density at radius 1 is 1.58 bits per heavy atom. The molecule has 0 bridgehead atoms. The number of aliphatic carboxylic acids is 1. The predicted molar refractivity (Wildman–Crippen MR) is 72.6 cm³/mol. The zero-order valence-corrected chi connectivity index (χ0v) is 12.0. The zero-order valence-electron chi connectivity index (χ0n) is 11.2. The number of rotatable bonds is 5. The fraction of sp³-hybridized carbons (Fsp3) is 0.750. The Morgan fingerprint density at radius 2 is 2.26 bits per heavy atom. The number of nitriles is 1. The molecule has 1 rings (SSSR count). The third-order valence-electron chi connectivity index (χ3n) is 2.76. The molecule has 19 heavy (non-hydrogen) atoms. The molecule has 0 unspecified atom stereocenters. The number of amides is 2. The lowest BCUT2D eigenvalue weighted by molar-refractivity contribution is -0.140. The molecule has 0 spiro atoms. The Balaban J connectivity index is 2.74. The standard InChI is InChI=1S/C12H19N3O3S/c1-9(2)6-14(5-3-4-13)12(18)15-8-19-7-10(15)11(16)17/h9-10H,3,5-8H2,1-2H3,(H,16,17)/t10-/m0/s1. The maximum atomic E-state index is 12.4. The molecule has 2 amide bonds. The van der Waals surface area contributed by atoms with E-state index in [0.29, 0.717) is 24.7 Å². The van der Waals surface area contributed by atoms with Gasteiger partial charge >= 0.3 is 12.0 Å². The average Bonchev–Trinajstić information content (AvgIpc) is 2.82. The van der Waals surface area contributed by atoms with Gasteiger partial charge in [-0.15, -0.1) is 11.8 Å². The molecule has 0 saturated carbocycles. The van der Waals surface area contributed by atoms with Crippen LogP contribution >= 0.6 is 11.8 Å². The van der Waals surface area contributed by atoms with E-state index in [0.717, 1.165) is 0 Å². The van der Waals surface area contributed by atoms with Crippen LogP contribution in [0.1, 0.15) is 20.3 Å². The van der Waals surface area contributed by atoms with Gasteiger partial charge < -0.3 is 14.9 Å². The molecule has 0 aliphatic carbocycles. The highest BCUT2D eigenvalue weighted by molar-refractivity contribution is 7.99. The van der Waals surface area contributed by atoms with E-state index in [1.54, 1.807) is 4.90 Å². The van der Waals surface area contributed by atoms with Crippen molar-refractivity contribution in [1.82, 2.24) is 9.80 Å². The van der Waals surface area contributed by atoms with Gasteiger partial charge in [0.25, 0.3) is 0 Å².